The summed E-state index contributed by atoms with van der Waals surface area (Å²) in [5.41, 5.74) is 0.239. The Labute approximate surface area is 142 Å². The maximum atomic E-state index is 14.0. The lowest BCUT2D eigenvalue weighted by Crippen LogP contribution is -2.25. The molecular formula is C16H17F3N4O2. The Morgan fingerprint density at radius 3 is 2.76 bits per heavy atom. The molecule has 0 unspecified atom stereocenters. The van der Waals surface area contributed by atoms with Crippen molar-refractivity contribution >= 4 is 17.5 Å². The Morgan fingerprint density at radius 1 is 1.32 bits per heavy atom. The average Bonchev–Trinajstić information content (AvgIpc) is 2.90. The molecule has 2 aromatic rings. The van der Waals surface area contributed by atoms with Crippen LogP contribution in [0, 0.1) is 5.82 Å². The van der Waals surface area contributed by atoms with Crippen molar-refractivity contribution in [1.82, 2.24) is 9.78 Å². The van der Waals surface area contributed by atoms with Crippen molar-refractivity contribution < 1.29 is 22.7 Å². The van der Waals surface area contributed by atoms with Crippen molar-refractivity contribution in [2.45, 2.75) is 38.3 Å². The number of nitrogens with one attached hydrogen (secondary N) is 2. The molecule has 1 aromatic heterocycles. The van der Waals surface area contributed by atoms with Crippen molar-refractivity contribution in [3.63, 3.8) is 0 Å². The number of hydrogen-bond acceptors (Lipinski definition) is 3. The number of aromatic nitrogens is 2. The number of carbonyl (C=O) groups is 1. The molecule has 0 saturated heterocycles. The van der Waals surface area contributed by atoms with Crippen LogP contribution in [0.3, 0.4) is 0 Å². The fourth-order valence-corrected chi connectivity index (χ4v) is 2.29. The molecule has 25 heavy (non-hydrogen) atoms. The van der Waals surface area contributed by atoms with Crippen LogP contribution in [0.5, 0.6) is 5.75 Å². The van der Waals surface area contributed by atoms with Crippen LogP contribution < -0.4 is 15.4 Å². The Hall–Kier alpha value is -2.71. The first-order valence-electron chi connectivity index (χ1n) is 7.85. The van der Waals surface area contributed by atoms with Gasteiger partial charge in [-0.15, -0.1) is 0 Å². The minimum atomic E-state index is -2.54. The van der Waals surface area contributed by atoms with Crippen molar-refractivity contribution in [3.8, 4) is 5.75 Å². The van der Waals surface area contributed by atoms with E-state index < -0.39 is 24.8 Å². The SMILES string of the molecule is O=C(Nc1ccc(OC2CCC2)c(F)c1)Nc1ccn(CC(F)F)n1. The molecule has 0 bridgehead atoms. The Kier molecular flexibility index (Phi) is 5.11. The van der Waals surface area contributed by atoms with E-state index in [0.29, 0.717) is 0 Å². The molecule has 1 saturated carbocycles. The predicted octanol–water partition coefficient (Wildman–Crippen LogP) is 3.86. The summed E-state index contributed by atoms with van der Waals surface area (Å²) in [7, 11) is 0. The van der Waals surface area contributed by atoms with Crippen LogP contribution in [-0.2, 0) is 6.54 Å². The van der Waals surface area contributed by atoms with E-state index in [1.165, 1.54) is 24.4 Å². The molecule has 9 heteroatoms. The maximum Gasteiger partial charge on any atom is 0.324 e. The molecule has 0 spiro atoms. The van der Waals surface area contributed by atoms with Gasteiger partial charge < -0.3 is 10.1 Å². The van der Waals surface area contributed by atoms with E-state index >= 15 is 0 Å². The van der Waals surface area contributed by atoms with Gasteiger partial charge in [-0.05, 0) is 31.4 Å². The largest absolute Gasteiger partial charge is 0.487 e. The van der Waals surface area contributed by atoms with Crippen LogP contribution in [0.15, 0.2) is 30.5 Å². The third kappa shape index (κ3) is 4.65. The number of ether oxygens (including phenoxy) is 1. The number of hydrogen-bond donors (Lipinski definition) is 2. The summed E-state index contributed by atoms with van der Waals surface area (Å²) in [6.07, 6.45) is 1.76. The number of nitrogens with zero attached hydrogens (tertiary/aromatic N) is 2. The standard InChI is InChI=1S/C16H17F3N4O2/c17-12-8-10(4-5-13(12)25-11-2-1-3-11)20-16(24)21-15-6-7-23(22-15)9-14(18)19/h4-8,11,14H,1-3,9H2,(H2,20,21,22,24). The molecule has 1 fully saturated rings. The minimum absolute atomic E-state index is 0.0555. The van der Waals surface area contributed by atoms with E-state index in [2.05, 4.69) is 15.7 Å². The normalized spacial score (nSPS) is 14.2. The Bertz CT molecular complexity index is 747. The lowest BCUT2D eigenvalue weighted by atomic mass is 9.96. The lowest BCUT2D eigenvalue weighted by Gasteiger charge is -2.26. The fraction of sp³-hybridized carbons (Fsp3) is 0.375. The molecule has 2 amide bonds. The highest BCUT2D eigenvalue weighted by atomic mass is 19.3. The highest BCUT2D eigenvalue weighted by molar-refractivity contribution is 5.99. The highest BCUT2D eigenvalue weighted by Crippen LogP contribution is 2.28. The number of benzene rings is 1. The molecule has 0 atom stereocenters. The quantitative estimate of drug-likeness (QED) is 0.828. The molecule has 1 aliphatic carbocycles. The van der Waals surface area contributed by atoms with Crippen LogP contribution in [0.1, 0.15) is 19.3 Å². The number of halogens is 3. The van der Waals surface area contributed by atoms with Crippen molar-refractivity contribution in [2.24, 2.45) is 0 Å². The molecular weight excluding hydrogens is 337 g/mol. The molecule has 0 aliphatic heterocycles. The van der Waals surface area contributed by atoms with Gasteiger partial charge in [0.05, 0.1) is 6.10 Å². The summed E-state index contributed by atoms with van der Waals surface area (Å²) < 4.78 is 45.0. The van der Waals surface area contributed by atoms with E-state index in [1.807, 2.05) is 0 Å². The second kappa shape index (κ2) is 7.45. The molecule has 1 aliphatic rings. The van der Waals surface area contributed by atoms with Gasteiger partial charge in [0, 0.05) is 24.0 Å². The van der Waals surface area contributed by atoms with E-state index in [1.54, 1.807) is 0 Å². The topological polar surface area (TPSA) is 68.2 Å². The van der Waals surface area contributed by atoms with Gasteiger partial charge >= 0.3 is 6.03 Å². The van der Waals surface area contributed by atoms with Crippen molar-refractivity contribution in [1.29, 1.82) is 0 Å². The predicted molar refractivity (Wildman–Crippen MR) is 85.5 cm³/mol. The molecule has 0 radical (unpaired) electrons. The van der Waals surface area contributed by atoms with Gasteiger partial charge in [-0.1, -0.05) is 0 Å². The Morgan fingerprint density at radius 2 is 2.12 bits per heavy atom. The number of amides is 2. The first-order chi connectivity index (χ1) is 12.0. The van der Waals surface area contributed by atoms with Gasteiger partial charge in [0.1, 0.15) is 6.54 Å². The summed E-state index contributed by atoms with van der Waals surface area (Å²) >= 11 is 0. The lowest BCUT2D eigenvalue weighted by molar-refractivity contribution is 0.115. The highest BCUT2D eigenvalue weighted by Gasteiger charge is 2.20. The summed E-state index contributed by atoms with van der Waals surface area (Å²) in [5.74, 6) is -0.295. The van der Waals surface area contributed by atoms with E-state index in [-0.39, 0.29) is 23.4 Å². The number of rotatable bonds is 6. The van der Waals surface area contributed by atoms with Crippen LogP contribution in [0.25, 0.3) is 0 Å². The molecule has 1 heterocycles. The molecule has 6 nitrogen and oxygen atoms in total. The zero-order chi connectivity index (χ0) is 17.8. The molecule has 3 rings (SSSR count). The van der Waals surface area contributed by atoms with Gasteiger partial charge in [-0.2, -0.15) is 5.10 Å². The summed E-state index contributed by atoms with van der Waals surface area (Å²) in [4.78, 5) is 11.9. The summed E-state index contributed by atoms with van der Waals surface area (Å²) in [5, 5.41) is 8.62. The molecule has 1 aromatic carbocycles. The van der Waals surface area contributed by atoms with Gasteiger partial charge in [0.25, 0.3) is 6.43 Å². The van der Waals surface area contributed by atoms with E-state index in [9.17, 15) is 18.0 Å². The van der Waals surface area contributed by atoms with Crippen LogP contribution in [-0.4, -0.2) is 28.3 Å². The van der Waals surface area contributed by atoms with E-state index in [4.69, 9.17) is 4.74 Å². The van der Waals surface area contributed by atoms with Crippen molar-refractivity contribution in [2.75, 3.05) is 10.6 Å². The van der Waals surface area contributed by atoms with Gasteiger partial charge in [0.2, 0.25) is 0 Å². The third-order valence-electron chi connectivity index (χ3n) is 3.74. The number of urea groups is 1. The minimum Gasteiger partial charge on any atom is -0.487 e. The number of alkyl halides is 2. The summed E-state index contributed by atoms with van der Waals surface area (Å²) in [6.45, 7) is -0.559. The van der Waals surface area contributed by atoms with Gasteiger partial charge in [-0.3, -0.25) is 10.00 Å². The molecule has 134 valence electrons. The van der Waals surface area contributed by atoms with Crippen LogP contribution >= 0.6 is 0 Å². The van der Waals surface area contributed by atoms with Crippen molar-refractivity contribution in [3.05, 3.63) is 36.3 Å². The Balaban J connectivity index is 1.55. The van der Waals surface area contributed by atoms with Crippen LogP contribution in [0.2, 0.25) is 0 Å². The van der Waals surface area contributed by atoms with Gasteiger partial charge in [-0.25, -0.2) is 18.0 Å². The zero-order valence-electron chi connectivity index (χ0n) is 13.2. The average molecular weight is 354 g/mol. The first kappa shape index (κ1) is 17.1. The maximum absolute atomic E-state index is 14.0. The second-order valence-electron chi connectivity index (χ2n) is 5.71. The monoisotopic (exact) mass is 354 g/mol. The third-order valence-corrected chi connectivity index (χ3v) is 3.74. The fourth-order valence-electron chi connectivity index (χ4n) is 2.29. The number of carbonyl (C=O) groups excluding carboxylic acids is 1. The smallest absolute Gasteiger partial charge is 0.324 e. The first-order valence-corrected chi connectivity index (χ1v) is 7.85. The van der Waals surface area contributed by atoms with E-state index in [0.717, 1.165) is 30.0 Å². The second-order valence-corrected chi connectivity index (χ2v) is 5.71. The zero-order valence-corrected chi connectivity index (χ0v) is 13.2. The van der Waals surface area contributed by atoms with Crippen LogP contribution in [0.4, 0.5) is 29.5 Å². The summed E-state index contributed by atoms with van der Waals surface area (Å²) in [6, 6.07) is 4.86. The van der Waals surface area contributed by atoms with Gasteiger partial charge in [0.15, 0.2) is 17.4 Å². The molecule has 2 N–H and O–H groups in total. The number of anilines is 2.